The molecule has 0 aliphatic heterocycles. The van der Waals surface area contributed by atoms with Crippen LogP contribution in [0.2, 0.25) is 0 Å². The molecule has 112 valence electrons. The highest BCUT2D eigenvalue weighted by Gasteiger charge is 2.16. The molecule has 0 amide bonds. The Morgan fingerprint density at radius 3 is 2.43 bits per heavy atom. The van der Waals surface area contributed by atoms with Crippen LogP contribution in [0.15, 0.2) is 36.4 Å². The largest absolute Gasteiger partial charge is 0.388 e. The normalized spacial score (nSPS) is 12.4. The third-order valence-electron chi connectivity index (χ3n) is 3.80. The second kappa shape index (κ2) is 6.81. The number of aliphatic hydroxyl groups is 1. The summed E-state index contributed by atoms with van der Waals surface area (Å²) in [7, 11) is 0. The fourth-order valence-electron chi connectivity index (χ4n) is 2.52. The van der Waals surface area contributed by atoms with Gasteiger partial charge < -0.3 is 5.11 Å². The molecular formula is C18H20F2O. The highest BCUT2D eigenvalue weighted by Crippen LogP contribution is 2.25. The van der Waals surface area contributed by atoms with Crippen molar-refractivity contribution < 1.29 is 13.9 Å². The van der Waals surface area contributed by atoms with Crippen molar-refractivity contribution in [1.82, 2.24) is 0 Å². The van der Waals surface area contributed by atoms with Crippen LogP contribution in [0.1, 0.15) is 42.2 Å². The van der Waals surface area contributed by atoms with Crippen LogP contribution in [-0.2, 0) is 19.3 Å². The van der Waals surface area contributed by atoms with Crippen molar-refractivity contribution in [2.24, 2.45) is 0 Å². The maximum Gasteiger partial charge on any atom is 0.162 e. The molecule has 0 aromatic heterocycles. The molecule has 1 N–H and O–H groups in total. The average Bonchev–Trinajstić information content (AvgIpc) is 2.51. The second-order valence-electron chi connectivity index (χ2n) is 5.17. The predicted molar refractivity (Wildman–Crippen MR) is 80.2 cm³/mol. The lowest BCUT2D eigenvalue weighted by Gasteiger charge is -2.17. The van der Waals surface area contributed by atoms with Gasteiger partial charge >= 0.3 is 0 Å². The number of hydrogen-bond acceptors (Lipinski definition) is 1. The predicted octanol–water partition coefficient (Wildman–Crippen LogP) is 4.37. The van der Waals surface area contributed by atoms with E-state index in [4.69, 9.17) is 0 Å². The Labute approximate surface area is 124 Å². The van der Waals surface area contributed by atoms with E-state index >= 15 is 0 Å². The van der Waals surface area contributed by atoms with Crippen molar-refractivity contribution >= 4 is 0 Å². The monoisotopic (exact) mass is 290 g/mol. The highest BCUT2D eigenvalue weighted by molar-refractivity contribution is 5.35. The zero-order valence-electron chi connectivity index (χ0n) is 12.4. The molecule has 2 rings (SSSR count). The zero-order chi connectivity index (χ0) is 15.4. The topological polar surface area (TPSA) is 20.2 Å². The molecule has 2 aromatic carbocycles. The third-order valence-corrected chi connectivity index (χ3v) is 3.80. The van der Waals surface area contributed by atoms with E-state index in [0.717, 1.165) is 35.6 Å². The molecule has 1 atom stereocenters. The van der Waals surface area contributed by atoms with Gasteiger partial charge in [0.15, 0.2) is 11.6 Å². The van der Waals surface area contributed by atoms with Crippen molar-refractivity contribution in [3.8, 4) is 0 Å². The van der Waals surface area contributed by atoms with E-state index in [2.05, 4.69) is 0 Å². The standard InChI is InChI=1S/C18H20F2O/c1-3-12-8-9-13(4-2)15(10-12)17(21)11-14-6-5-7-16(19)18(14)20/h5-10,17,21H,3-4,11H2,1-2H3. The van der Waals surface area contributed by atoms with Crippen molar-refractivity contribution in [2.75, 3.05) is 0 Å². The minimum absolute atomic E-state index is 0.0732. The van der Waals surface area contributed by atoms with Gasteiger partial charge in [-0.3, -0.25) is 0 Å². The first-order valence-electron chi connectivity index (χ1n) is 7.29. The Bertz CT molecular complexity index is 623. The van der Waals surface area contributed by atoms with Crippen molar-refractivity contribution in [2.45, 2.75) is 39.2 Å². The van der Waals surface area contributed by atoms with E-state index in [0.29, 0.717) is 0 Å². The van der Waals surface area contributed by atoms with Crippen molar-refractivity contribution in [1.29, 1.82) is 0 Å². The van der Waals surface area contributed by atoms with Gasteiger partial charge in [-0.15, -0.1) is 0 Å². The van der Waals surface area contributed by atoms with Gasteiger partial charge in [0.1, 0.15) is 0 Å². The van der Waals surface area contributed by atoms with Gasteiger partial charge in [0, 0.05) is 6.42 Å². The molecule has 21 heavy (non-hydrogen) atoms. The van der Waals surface area contributed by atoms with E-state index in [1.54, 1.807) is 0 Å². The first-order chi connectivity index (χ1) is 10.1. The van der Waals surface area contributed by atoms with Crippen LogP contribution in [0.25, 0.3) is 0 Å². The smallest absolute Gasteiger partial charge is 0.162 e. The average molecular weight is 290 g/mol. The Balaban J connectivity index is 2.31. The van der Waals surface area contributed by atoms with Crippen LogP contribution in [0.3, 0.4) is 0 Å². The minimum Gasteiger partial charge on any atom is -0.388 e. The molecule has 0 fully saturated rings. The molecule has 0 saturated heterocycles. The van der Waals surface area contributed by atoms with Crippen LogP contribution in [0.4, 0.5) is 8.78 Å². The van der Waals surface area contributed by atoms with Gasteiger partial charge in [-0.25, -0.2) is 8.78 Å². The number of rotatable bonds is 5. The molecule has 0 bridgehead atoms. The molecule has 3 heteroatoms. The summed E-state index contributed by atoms with van der Waals surface area (Å²) >= 11 is 0. The van der Waals surface area contributed by atoms with Crippen molar-refractivity contribution in [3.63, 3.8) is 0 Å². The maximum atomic E-state index is 13.7. The number of hydrogen-bond donors (Lipinski definition) is 1. The Morgan fingerprint density at radius 1 is 1.00 bits per heavy atom. The summed E-state index contributed by atoms with van der Waals surface area (Å²) in [6, 6.07) is 10.1. The Hall–Kier alpha value is -1.74. The van der Waals surface area contributed by atoms with Crippen LogP contribution in [0, 0.1) is 11.6 Å². The summed E-state index contributed by atoms with van der Waals surface area (Å²) in [5.41, 5.74) is 3.17. The lowest BCUT2D eigenvalue weighted by molar-refractivity contribution is 0.175. The molecule has 2 aromatic rings. The molecular weight excluding hydrogens is 270 g/mol. The Kier molecular flexibility index (Phi) is 5.07. The van der Waals surface area contributed by atoms with Crippen LogP contribution >= 0.6 is 0 Å². The summed E-state index contributed by atoms with van der Waals surface area (Å²) in [5, 5.41) is 10.4. The first kappa shape index (κ1) is 15.6. The van der Waals surface area contributed by atoms with Crippen LogP contribution in [-0.4, -0.2) is 5.11 Å². The summed E-state index contributed by atoms with van der Waals surface area (Å²) in [4.78, 5) is 0. The minimum atomic E-state index is -0.877. The van der Waals surface area contributed by atoms with E-state index in [-0.39, 0.29) is 12.0 Å². The molecule has 1 nitrogen and oxygen atoms in total. The molecule has 0 heterocycles. The summed E-state index contributed by atoms with van der Waals surface area (Å²) < 4.78 is 27.0. The Morgan fingerprint density at radius 2 is 1.76 bits per heavy atom. The molecule has 0 saturated carbocycles. The molecule has 0 radical (unpaired) electrons. The van der Waals surface area contributed by atoms with Gasteiger partial charge in [0.2, 0.25) is 0 Å². The number of aliphatic hydroxyl groups excluding tert-OH is 1. The van der Waals surface area contributed by atoms with Crippen molar-refractivity contribution in [3.05, 3.63) is 70.3 Å². The highest BCUT2D eigenvalue weighted by atomic mass is 19.2. The second-order valence-corrected chi connectivity index (χ2v) is 5.17. The number of halogens is 2. The SMILES string of the molecule is CCc1ccc(CC)c(C(O)Cc2cccc(F)c2F)c1. The number of benzene rings is 2. The maximum absolute atomic E-state index is 13.7. The van der Waals surface area contributed by atoms with E-state index in [1.807, 2.05) is 32.0 Å². The van der Waals surface area contributed by atoms with Crippen LogP contribution in [0.5, 0.6) is 0 Å². The van der Waals surface area contributed by atoms with Gasteiger partial charge in [-0.2, -0.15) is 0 Å². The van der Waals surface area contributed by atoms with E-state index in [9.17, 15) is 13.9 Å². The molecule has 1 unspecified atom stereocenters. The summed E-state index contributed by atoms with van der Waals surface area (Å²) in [6.07, 6.45) is 0.909. The lowest BCUT2D eigenvalue weighted by atomic mass is 9.93. The van der Waals surface area contributed by atoms with Gasteiger partial charge in [0.25, 0.3) is 0 Å². The van der Waals surface area contributed by atoms with E-state index < -0.39 is 17.7 Å². The third kappa shape index (κ3) is 3.48. The number of aryl methyl sites for hydroxylation is 2. The van der Waals surface area contributed by atoms with Gasteiger partial charge in [0.05, 0.1) is 6.10 Å². The molecule has 0 spiro atoms. The quantitative estimate of drug-likeness (QED) is 0.867. The first-order valence-corrected chi connectivity index (χ1v) is 7.29. The lowest BCUT2D eigenvalue weighted by Crippen LogP contribution is -2.08. The van der Waals surface area contributed by atoms with Gasteiger partial charge in [-0.1, -0.05) is 44.2 Å². The van der Waals surface area contributed by atoms with Crippen LogP contribution < -0.4 is 0 Å². The zero-order valence-corrected chi connectivity index (χ0v) is 12.4. The fourth-order valence-corrected chi connectivity index (χ4v) is 2.52. The summed E-state index contributed by atoms with van der Waals surface area (Å²) in [6.45, 7) is 4.06. The summed E-state index contributed by atoms with van der Waals surface area (Å²) in [5.74, 6) is -1.75. The fraction of sp³-hybridized carbons (Fsp3) is 0.333. The molecule has 0 aliphatic rings. The van der Waals surface area contributed by atoms with E-state index in [1.165, 1.54) is 12.1 Å². The molecule has 0 aliphatic carbocycles. The van der Waals surface area contributed by atoms with Gasteiger partial charge in [-0.05, 0) is 41.2 Å².